The third-order valence-electron chi connectivity index (χ3n) is 4.01. The standard InChI is InChI=1S/C18H24BrFN2O4/c1-11-10-21(17(24)26-18(2,3)4)6-7-22(11)14-9-12(19)8-13(20)15(14)16(23)25-5/h8-9,11H,6-7,10H2,1-5H3. The maximum absolute atomic E-state index is 14.4. The van der Waals surface area contributed by atoms with Crippen LogP contribution in [0, 0.1) is 5.82 Å². The van der Waals surface area contributed by atoms with Crippen LogP contribution in [-0.4, -0.2) is 55.3 Å². The molecule has 0 spiro atoms. The highest BCUT2D eigenvalue weighted by Gasteiger charge is 2.32. The predicted octanol–water partition coefficient (Wildman–Crippen LogP) is 3.82. The number of halogens is 2. The van der Waals surface area contributed by atoms with Gasteiger partial charge >= 0.3 is 12.1 Å². The van der Waals surface area contributed by atoms with Crippen molar-refractivity contribution in [3.63, 3.8) is 0 Å². The zero-order valence-electron chi connectivity index (χ0n) is 15.6. The molecule has 1 atom stereocenters. The van der Waals surface area contributed by atoms with Crippen molar-refractivity contribution in [3.05, 3.63) is 28.0 Å². The normalized spacial score (nSPS) is 17.9. The zero-order valence-corrected chi connectivity index (χ0v) is 17.2. The van der Waals surface area contributed by atoms with Gasteiger partial charge in [0.15, 0.2) is 0 Å². The number of esters is 1. The van der Waals surface area contributed by atoms with Gasteiger partial charge in [0.1, 0.15) is 17.0 Å². The van der Waals surface area contributed by atoms with Crippen molar-refractivity contribution in [2.24, 2.45) is 0 Å². The molecule has 0 aliphatic carbocycles. The summed E-state index contributed by atoms with van der Waals surface area (Å²) in [5.41, 5.74) is -0.225. The smallest absolute Gasteiger partial charge is 0.410 e. The minimum Gasteiger partial charge on any atom is -0.465 e. The van der Waals surface area contributed by atoms with E-state index in [-0.39, 0.29) is 17.7 Å². The molecule has 6 nitrogen and oxygen atoms in total. The fraction of sp³-hybridized carbons (Fsp3) is 0.556. The van der Waals surface area contributed by atoms with Gasteiger partial charge in [0, 0.05) is 30.1 Å². The van der Waals surface area contributed by atoms with E-state index < -0.39 is 17.4 Å². The Morgan fingerprint density at radius 2 is 1.92 bits per heavy atom. The van der Waals surface area contributed by atoms with E-state index in [1.165, 1.54) is 13.2 Å². The lowest BCUT2D eigenvalue weighted by Gasteiger charge is -2.42. The second-order valence-corrected chi connectivity index (χ2v) is 8.16. The highest BCUT2D eigenvalue weighted by Crippen LogP contribution is 2.31. The molecule has 0 radical (unpaired) electrons. The van der Waals surface area contributed by atoms with Crippen molar-refractivity contribution in [2.45, 2.75) is 39.3 Å². The Morgan fingerprint density at radius 3 is 2.46 bits per heavy atom. The van der Waals surface area contributed by atoms with E-state index in [9.17, 15) is 14.0 Å². The number of amides is 1. The number of carbonyl (C=O) groups is 2. The Morgan fingerprint density at radius 1 is 1.27 bits per heavy atom. The average molecular weight is 431 g/mol. The molecule has 1 aliphatic heterocycles. The van der Waals surface area contributed by atoms with Crippen molar-refractivity contribution in [2.75, 3.05) is 31.6 Å². The van der Waals surface area contributed by atoms with E-state index >= 15 is 0 Å². The van der Waals surface area contributed by atoms with Crippen LogP contribution in [0.25, 0.3) is 0 Å². The minimum absolute atomic E-state index is 0.103. The molecule has 1 fully saturated rings. The summed E-state index contributed by atoms with van der Waals surface area (Å²) in [4.78, 5) is 27.9. The molecule has 1 aliphatic rings. The molecule has 2 rings (SSSR count). The Labute approximate surface area is 161 Å². The Bertz CT molecular complexity index is 705. The van der Waals surface area contributed by atoms with Crippen molar-refractivity contribution < 1.29 is 23.5 Å². The first-order valence-corrected chi connectivity index (χ1v) is 9.14. The molecule has 0 bridgehead atoms. The van der Waals surface area contributed by atoms with Crippen LogP contribution in [0.4, 0.5) is 14.9 Å². The summed E-state index contributed by atoms with van der Waals surface area (Å²) in [6, 6.07) is 2.79. The fourth-order valence-corrected chi connectivity index (χ4v) is 3.32. The van der Waals surface area contributed by atoms with Gasteiger partial charge in [-0.05, 0) is 39.8 Å². The van der Waals surface area contributed by atoms with Crippen LogP contribution in [0.5, 0.6) is 0 Å². The van der Waals surface area contributed by atoms with Crippen LogP contribution in [0.3, 0.4) is 0 Å². The van der Waals surface area contributed by atoms with Gasteiger partial charge in [-0.3, -0.25) is 0 Å². The summed E-state index contributed by atoms with van der Waals surface area (Å²) < 4.78 is 25.0. The molecular formula is C18H24BrFN2O4. The SMILES string of the molecule is COC(=O)c1c(F)cc(Br)cc1N1CCN(C(=O)OC(C)(C)C)CC1C. The highest BCUT2D eigenvalue weighted by atomic mass is 79.9. The predicted molar refractivity (Wildman–Crippen MR) is 100 cm³/mol. The third-order valence-corrected chi connectivity index (χ3v) is 4.47. The van der Waals surface area contributed by atoms with E-state index in [2.05, 4.69) is 15.9 Å². The summed E-state index contributed by atoms with van der Waals surface area (Å²) in [5, 5.41) is 0. The number of ether oxygens (including phenoxy) is 2. The molecule has 1 aromatic carbocycles. The van der Waals surface area contributed by atoms with Gasteiger partial charge in [0.2, 0.25) is 0 Å². The summed E-state index contributed by atoms with van der Waals surface area (Å²) >= 11 is 3.27. The first-order valence-electron chi connectivity index (χ1n) is 8.35. The first-order chi connectivity index (χ1) is 12.0. The van der Waals surface area contributed by atoms with Crippen molar-refractivity contribution in [3.8, 4) is 0 Å². The summed E-state index contributed by atoms with van der Waals surface area (Å²) in [6.45, 7) is 8.63. The zero-order chi connectivity index (χ0) is 19.6. The second kappa shape index (κ2) is 7.82. The molecule has 26 heavy (non-hydrogen) atoms. The van der Waals surface area contributed by atoms with E-state index in [0.29, 0.717) is 29.8 Å². The Hall–Kier alpha value is -1.83. The van der Waals surface area contributed by atoms with Gasteiger partial charge < -0.3 is 19.3 Å². The maximum atomic E-state index is 14.4. The van der Waals surface area contributed by atoms with Crippen LogP contribution < -0.4 is 4.90 Å². The fourth-order valence-electron chi connectivity index (χ4n) is 2.90. The lowest BCUT2D eigenvalue weighted by atomic mass is 10.1. The molecule has 8 heteroatoms. The van der Waals surface area contributed by atoms with Gasteiger partial charge in [-0.15, -0.1) is 0 Å². The molecule has 1 unspecified atom stereocenters. The molecule has 0 saturated carbocycles. The Balaban J connectivity index is 2.25. The largest absolute Gasteiger partial charge is 0.465 e. The topological polar surface area (TPSA) is 59.1 Å². The molecule has 1 heterocycles. The van der Waals surface area contributed by atoms with Gasteiger partial charge in [-0.1, -0.05) is 15.9 Å². The van der Waals surface area contributed by atoms with Gasteiger partial charge in [0.05, 0.1) is 12.8 Å². The van der Waals surface area contributed by atoms with Crippen molar-refractivity contribution >= 4 is 33.7 Å². The van der Waals surface area contributed by atoms with E-state index in [0.717, 1.165) is 0 Å². The number of piperazine rings is 1. The summed E-state index contributed by atoms with van der Waals surface area (Å²) in [6.07, 6.45) is -0.377. The first kappa shape index (κ1) is 20.5. The molecule has 1 saturated heterocycles. The average Bonchev–Trinajstić information content (AvgIpc) is 2.51. The summed E-state index contributed by atoms with van der Waals surface area (Å²) in [5.74, 6) is -1.38. The second-order valence-electron chi connectivity index (χ2n) is 7.24. The summed E-state index contributed by atoms with van der Waals surface area (Å²) in [7, 11) is 1.22. The molecule has 1 aromatic rings. The molecule has 0 aromatic heterocycles. The van der Waals surface area contributed by atoms with Gasteiger partial charge in [-0.2, -0.15) is 0 Å². The van der Waals surface area contributed by atoms with E-state index in [1.807, 2.05) is 32.6 Å². The number of rotatable bonds is 2. The monoisotopic (exact) mass is 430 g/mol. The molecule has 144 valence electrons. The number of methoxy groups -OCH3 is 1. The Kier molecular flexibility index (Phi) is 6.16. The quantitative estimate of drug-likeness (QED) is 0.667. The van der Waals surface area contributed by atoms with Gasteiger partial charge in [0.25, 0.3) is 0 Å². The molecule has 1 amide bonds. The number of anilines is 1. The molecular weight excluding hydrogens is 407 g/mol. The number of hydrogen-bond donors (Lipinski definition) is 0. The van der Waals surface area contributed by atoms with Gasteiger partial charge in [-0.25, -0.2) is 14.0 Å². The van der Waals surface area contributed by atoms with Crippen LogP contribution in [0.2, 0.25) is 0 Å². The number of nitrogens with zero attached hydrogens (tertiary/aromatic N) is 2. The van der Waals surface area contributed by atoms with Crippen molar-refractivity contribution in [1.29, 1.82) is 0 Å². The van der Waals surface area contributed by atoms with Crippen LogP contribution in [0.15, 0.2) is 16.6 Å². The third kappa shape index (κ3) is 4.66. The number of carbonyl (C=O) groups excluding carboxylic acids is 2. The molecule has 0 N–H and O–H groups in total. The minimum atomic E-state index is -0.730. The van der Waals surface area contributed by atoms with Crippen LogP contribution >= 0.6 is 15.9 Å². The number of benzene rings is 1. The van der Waals surface area contributed by atoms with Crippen molar-refractivity contribution in [1.82, 2.24) is 4.90 Å². The maximum Gasteiger partial charge on any atom is 0.410 e. The van der Waals surface area contributed by atoms with E-state index in [1.54, 1.807) is 11.0 Å². The van der Waals surface area contributed by atoms with Crippen LogP contribution in [0.1, 0.15) is 38.1 Å². The lowest BCUT2D eigenvalue weighted by Crippen LogP contribution is -2.55. The van der Waals surface area contributed by atoms with Crippen LogP contribution in [-0.2, 0) is 9.47 Å². The van der Waals surface area contributed by atoms with E-state index in [4.69, 9.17) is 9.47 Å². The lowest BCUT2D eigenvalue weighted by molar-refractivity contribution is 0.0218. The highest BCUT2D eigenvalue weighted by molar-refractivity contribution is 9.10. The number of hydrogen-bond acceptors (Lipinski definition) is 5.